The average molecular weight is 527 g/mol. The van der Waals surface area contributed by atoms with Crippen LogP contribution < -0.4 is 10.1 Å². The van der Waals surface area contributed by atoms with Gasteiger partial charge in [0.2, 0.25) is 5.91 Å². The first-order valence-corrected chi connectivity index (χ1v) is 10.4. The van der Waals surface area contributed by atoms with E-state index in [1.807, 2.05) is 13.8 Å². The Morgan fingerprint density at radius 1 is 1.21 bits per heavy atom. The number of carbonyl (C=O) groups is 1. The number of hydrogen-bond donors (Lipinski definition) is 1. The van der Waals surface area contributed by atoms with Gasteiger partial charge in [0, 0.05) is 24.2 Å². The lowest BCUT2D eigenvalue weighted by molar-refractivity contribution is -0.384. The minimum absolute atomic E-state index is 0.0426. The van der Waals surface area contributed by atoms with Crippen molar-refractivity contribution >= 4 is 33.2 Å². The van der Waals surface area contributed by atoms with Crippen LogP contribution in [-0.2, 0) is 17.5 Å². The fraction of sp³-hybridized carbons (Fsp3) is 0.238. The first kappa shape index (κ1) is 24.2. The Hall–Kier alpha value is -3.41. The molecule has 33 heavy (non-hydrogen) atoms. The summed E-state index contributed by atoms with van der Waals surface area (Å²) in [7, 11) is 0. The summed E-state index contributed by atoms with van der Waals surface area (Å²) < 4.78 is 46.7. The van der Waals surface area contributed by atoms with Crippen molar-refractivity contribution in [3.8, 4) is 11.5 Å². The third-order valence-corrected chi connectivity index (χ3v) is 5.77. The molecule has 0 fully saturated rings. The monoisotopic (exact) mass is 526 g/mol. The Balaban J connectivity index is 1.76. The van der Waals surface area contributed by atoms with Crippen molar-refractivity contribution in [2.24, 2.45) is 0 Å². The Morgan fingerprint density at radius 2 is 1.94 bits per heavy atom. The summed E-state index contributed by atoms with van der Waals surface area (Å²) in [6.07, 6.45) is -4.52. The van der Waals surface area contributed by atoms with E-state index >= 15 is 0 Å². The van der Waals surface area contributed by atoms with Gasteiger partial charge in [0.25, 0.3) is 5.69 Å². The maximum Gasteiger partial charge on any atom is 0.416 e. The van der Waals surface area contributed by atoms with Gasteiger partial charge in [-0.3, -0.25) is 19.6 Å². The lowest BCUT2D eigenvalue weighted by Crippen LogP contribution is -2.15. The second kappa shape index (κ2) is 9.61. The summed E-state index contributed by atoms with van der Waals surface area (Å²) in [6, 6.07) is 7.61. The third kappa shape index (κ3) is 6.09. The minimum atomic E-state index is -4.57. The number of nitro benzene ring substituents is 1. The number of aromatic nitrogens is 2. The van der Waals surface area contributed by atoms with Crippen LogP contribution >= 0.6 is 15.9 Å². The first-order valence-electron chi connectivity index (χ1n) is 9.58. The van der Waals surface area contributed by atoms with Crippen LogP contribution in [-0.4, -0.2) is 20.6 Å². The van der Waals surface area contributed by atoms with Gasteiger partial charge in [-0.1, -0.05) is 6.07 Å². The molecule has 12 heteroatoms. The van der Waals surface area contributed by atoms with E-state index in [1.54, 1.807) is 4.68 Å². The standard InChI is InChI=1S/C21H18BrF3N4O4/c1-12-20(22)13(2)28(27-12)7-6-19(30)26-15-9-16(29(31)32)11-18(10-15)33-17-5-3-4-14(8-17)21(23,24)25/h3-5,8-11H,6-7H2,1-2H3,(H,26,30). The molecule has 1 N–H and O–H groups in total. The van der Waals surface area contributed by atoms with Crippen molar-refractivity contribution in [2.45, 2.75) is 33.0 Å². The molecule has 0 saturated heterocycles. The molecule has 0 radical (unpaired) electrons. The van der Waals surface area contributed by atoms with Crippen LogP contribution in [0.3, 0.4) is 0 Å². The highest BCUT2D eigenvalue weighted by molar-refractivity contribution is 9.10. The third-order valence-electron chi connectivity index (χ3n) is 4.63. The van der Waals surface area contributed by atoms with Crippen molar-refractivity contribution in [1.82, 2.24) is 9.78 Å². The SMILES string of the molecule is Cc1nn(CCC(=O)Nc2cc(Oc3cccc(C(F)(F)F)c3)cc([N+](=O)[O-])c2)c(C)c1Br. The summed E-state index contributed by atoms with van der Waals surface area (Å²) >= 11 is 3.41. The molecule has 0 aliphatic carbocycles. The highest BCUT2D eigenvalue weighted by Crippen LogP contribution is 2.34. The molecule has 1 heterocycles. The van der Waals surface area contributed by atoms with E-state index in [2.05, 4.69) is 26.3 Å². The maximum absolute atomic E-state index is 12.9. The number of anilines is 1. The van der Waals surface area contributed by atoms with Crippen molar-refractivity contribution < 1.29 is 27.6 Å². The van der Waals surface area contributed by atoms with E-state index in [-0.39, 0.29) is 30.2 Å². The Kier molecular flexibility index (Phi) is 7.06. The summed E-state index contributed by atoms with van der Waals surface area (Å²) in [5.74, 6) is -0.678. The number of amides is 1. The van der Waals surface area contributed by atoms with Crippen LogP contribution in [0.2, 0.25) is 0 Å². The second-order valence-corrected chi connectivity index (χ2v) is 7.90. The molecule has 2 aromatic carbocycles. The molecule has 8 nitrogen and oxygen atoms in total. The molecule has 3 aromatic rings. The number of benzene rings is 2. The lowest BCUT2D eigenvalue weighted by Gasteiger charge is -2.12. The van der Waals surface area contributed by atoms with Gasteiger partial charge < -0.3 is 10.1 Å². The number of nitrogens with zero attached hydrogens (tertiary/aromatic N) is 3. The number of nitrogens with one attached hydrogen (secondary N) is 1. The minimum Gasteiger partial charge on any atom is -0.457 e. The predicted octanol–water partition coefficient (Wildman–Crippen LogP) is 6.01. The topological polar surface area (TPSA) is 99.3 Å². The zero-order valence-corrected chi connectivity index (χ0v) is 19.0. The van der Waals surface area contributed by atoms with E-state index in [4.69, 9.17) is 4.74 Å². The summed E-state index contributed by atoms with van der Waals surface area (Å²) in [4.78, 5) is 23.0. The van der Waals surface area contributed by atoms with E-state index in [9.17, 15) is 28.1 Å². The van der Waals surface area contributed by atoms with Crippen molar-refractivity contribution in [1.29, 1.82) is 0 Å². The molecule has 3 rings (SSSR count). The number of hydrogen-bond acceptors (Lipinski definition) is 5. The number of alkyl halides is 3. The second-order valence-electron chi connectivity index (χ2n) is 7.11. The van der Waals surface area contributed by atoms with Crippen LogP contribution in [0.15, 0.2) is 46.9 Å². The van der Waals surface area contributed by atoms with Crippen LogP contribution in [0.4, 0.5) is 24.5 Å². The van der Waals surface area contributed by atoms with Crippen molar-refractivity contribution in [3.63, 3.8) is 0 Å². The van der Waals surface area contributed by atoms with Gasteiger partial charge in [-0.05, 0) is 48.0 Å². The highest BCUT2D eigenvalue weighted by Gasteiger charge is 2.30. The van der Waals surface area contributed by atoms with Gasteiger partial charge in [0.05, 0.1) is 39.0 Å². The van der Waals surface area contributed by atoms with Crippen LogP contribution in [0, 0.1) is 24.0 Å². The molecule has 174 valence electrons. The van der Waals surface area contributed by atoms with Gasteiger partial charge in [-0.15, -0.1) is 0 Å². The zero-order valence-electron chi connectivity index (χ0n) is 17.4. The molecule has 0 aliphatic rings. The molecule has 0 saturated carbocycles. The Morgan fingerprint density at radius 3 is 2.55 bits per heavy atom. The Bertz CT molecular complexity index is 1210. The van der Waals surface area contributed by atoms with Gasteiger partial charge in [0.15, 0.2) is 0 Å². The number of carbonyl (C=O) groups excluding carboxylic acids is 1. The van der Waals surface area contributed by atoms with Gasteiger partial charge in [-0.2, -0.15) is 18.3 Å². The van der Waals surface area contributed by atoms with Crippen LogP contribution in [0.25, 0.3) is 0 Å². The predicted molar refractivity (Wildman–Crippen MR) is 117 cm³/mol. The summed E-state index contributed by atoms with van der Waals surface area (Å²) in [6.45, 7) is 3.95. The highest BCUT2D eigenvalue weighted by atomic mass is 79.9. The average Bonchev–Trinajstić information content (AvgIpc) is 2.98. The number of halogens is 4. The number of rotatable bonds is 7. The van der Waals surface area contributed by atoms with E-state index in [0.717, 1.165) is 46.2 Å². The van der Waals surface area contributed by atoms with Gasteiger partial charge in [0.1, 0.15) is 11.5 Å². The molecule has 0 atom stereocenters. The van der Waals surface area contributed by atoms with Gasteiger partial charge >= 0.3 is 6.18 Å². The van der Waals surface area contributed by atoms with Crippen molar-refractivity contribution in [2.75, 3.05) is 5.32 Å². The quantitative estimate of drug-likeness (QED) is 0.300. The molecular formula is C21H18BrF3N4O4. The maximum atomic E-state index is 12.9. The Labute approximate surface area is 194 Å². The molecule has 0 spiro atoms. The fourth-order valence-electron chi connectivity index (χ4n) is 3.02. The zero-order chi connectivity index (χ0) is 24.3. The molecule has 0 unspecified atom stereocenters. The fourth-order valence-corrected chi connectivity index (χ4v) is 3.30. The van der Waals surface area contributed by atoms with Gasteiger partial charge in [-0.25, -0.2) is 0 Å². The molecule has 0 bridgehead atoms. The van der Waals surface area contributed by atoms with Crippen LogP contribution in [0.1, 0.15) is 23.4 Å². The number of ether oxygens (including phenoxy) is 1. The van der Waals surface area contributed by atoms with E-state index < -0.39 is 28.3 Å². The molecule has 1 aromatic heterocycles. The van der Waals surface area contributed by atoms with Crippen molar-refractivity contribution in [3.05, 3.63) is 74.0 Å². The number of aryl methyl sites for hydroxylation is 2. The summed E-state index contributed by atoms with van der Waals surface area (Å²) in [5, 5.41) is 18.1. The lowest BCUT2D eigenvalue weighted by atomic mass is 10.2. The van der Waals surface area contributed by atoms with Crippen LogP contribution in [0.5, 0.6) is 11.5 Å². The normalized spacial score (nSPS) is 11.3. The smallest absolute Gasteiger partial charge is 0.416 e. The van der Waals surface area contributed by atoms with E-state index in [1.165, 1.54) is 12.1 Å². The number of nitro groups is 1. The molecule has 1 amide bonds. The van der Waals surface area contributed by atoms with E-state index in [0.29, 0.717) is 0 Å². The first-order chi connectivity index (χ1) is 15.4. The largest absolute Gasteiger partial charge is 0.457 e. The molecular weight excluding hydrogens is 509 g/mol. The molecule has 0 aliphatic heterocycles. The summed E-state index contributed by atoms with van der Waals surface area (Å²) in [5.41, 5.74) is 0.396. The number of non-ortho nitro benzene ring substituents is 1.